The Balaban J connectivity index is 1.80. The van der Waals surface area contributed by atoms with Crippen molar-refractivity contribution in [3.63, 3.8) is 0 Å². The van der Waals surface area contributed by atoms with Gasteiger partial charge in [-0.2, -0.15) is 0 Å². The summed E-state index contributed by atoms with van der Waals surface area (Å²) < 4.78 is 0. The lowest BCUT2D eigenvalue weighted by molar-refractivity contribution is -0.116. The maximum absolute atomic E-state index is 11.8. The number of hydrogen-bond acceptors (Lipinski definition) is 3. The van der Waals surface area contributed by atoms with Gasteiger partial charge >= 0.3 is 5.97 Å². The average molecular weight is 281 g/mol. The number of carbonyl (C=O) groups excluding carboxylic acids is 1. The van der Waals surface area contributed by atoms with Crippen LogP contribution in [0.4, 0.5) is 5.00 Å². The molecule has 5 heteroatoms. The van der Waals surface area contributed by atoms with E-state index in [0.717, 1.165) is 6.42 Å². The zero-order valence-corrected chi connectivity index (χ0v) is 11.7. The van der Waals surface area contributed by atoms with Gasteiger partial charge in [0.1, 0.15) is 5.00 Å². The first-order valence-corrected chi connectivity index (χ1v) is 7.65. The second-order valence-electron chi connectivity index (χ2n) is 5.06. The van der Waals surface area contributed by atoms with Crippen LogP contribution in [0.15, 0.2) is 11.4 Å². The lowest BCUT2D eigenvalue weighted by Gasteiger charge is -2.20. The summed E-state index contributed by atoms with van der Waals surface area (Å²) in [5, 5.41) is 13.8. The first-order valence-electron chi connectivity index (χ1n) is 6.77. The number of carboxylic acid groups (broad SMARTS) is 1. The third-order valence-corrected chi connectivity index (χ3v) is 4.48. The van der Waals surface area contributed by atoms with Crippen molar-refractivity contribution in [2.24, 2.45) is 5.92 Å². The van der Waals surface area contributed by atoms with Gasteiger partial charge in [-0.05, 0) is 23.8 Å². The van der Waals surface area contributed by atoms with E-state index in [-0.39, 0.29) is 11.5 Å². The molecule has 104 valence electrons. The van der Waals surface area contributed by atoms with Crippen LogP contribution >= 0.6 is 11.3 Å². The van der Waals surface area contributed by atoms with E-state index >= 15 is 0 Å². The van der Waals surface area contributed by atoms with Crippen LogP contribution in [0.1, 0.15) is 55.3 Å². The van der Waals surface area contributed by atoms with Gasteiger partial charge in [0, 0.05) is 6.42 Å². The summed E-state index contributed by atoms with van der Waals surface area (Å²) in [5.74, 6) is -0.402. The van der Waals surface area contributed by atoms with Crippen LogP contribution < -0.4 is 5.32 Å². The van der Waals surface area contributed by atoms with Crippen molar-refractivity contribution in [3.05, 3.63) is 17.0 Å². The topological polar surface area (TPSA) is 66.4 Å². The third kappa shape index (κ3) is 4.06. The van der Waals surface area contributed by atoms with E-state index in [9.17, 15) is 9.59 Å². The molecule has 4 nitrogen and oxygen atoms in total. The van der Waals surface area contributed by atoms with Gasteiger partial charge in [0.2, 0.25) is 5.91 Å². The van der Waals surface area contributed by atoms with Gasteiger partial charge in [0.15, 0.2) is 0 Å². The highest BCUT2D eigenvalue weighted by Gasteiger charge is 2.17. The van der Waals surface area contributed by atoms with Gasteiger partial charge in [-0.3, -0.25) is 4.79 Å². The molecule has 1 fully saturated rings. The molecule has 19 heavy (non-hydrogen) atoms. The molecular formula is C14H19NO3S. The number of carbonyl (C=O) groups is 2. The summed E-state index contributed by atoms with van der Waals surface area (Å²) in [6.07, 6.45) is 7.74. The van der Waals surface area contributed by atoms with Gasteiger partial charge < -0.3 is 10.4 Å². The summed E-state index contributed by atoms with van der Waals surface area (Å²) in [6.45, 7) is 0. The van der Waals surface area contributed by atoms with Gasteiger partial charge in [-0.15, -0.1) is 11.3 Å². The van der Waals surface area contributed by atoms with E-state index in [1.54, 1.807) is 5.38 Å². The Hall–Kier alpha value is -1.36. The van der Waals surface area contributed by atoms with Crippen LogP contribution in [0.25, 0.3) is 0 Å². The van der Waals surface area contributed by atoms with Crippen LogP contribution in [0.3, 0.4) is 0 Å². The van der Waals surface area contributed by atoms with E-state index in [1.807, 2.05) is 0 Å². The Labute approximate surface area is 116 Å². The van der Waals surface area contributed by atoms with E-state index in [2.05, 4.69) is 5.32 Å². The fourth-order valence-corrected chi connectivity index (χ4v) is 3.37. The van der Waals surface area contributed by atoms with Gasteiger partial charge in [0.05, 0.1) is 5.56 Å². The minimum atomic E-state index is -0.996. The Kier molecular flexibility index (Phi) is 4.96. The molecule has 2 rings (SSSR count). The highest BCUT2D eigenvalue weighted by atomic mass is 32.1. The summed E-state index contributed by atoms with van der Waals surface area (Å²) in [5.41, 5.74) is 0.177. The number of carboxylic acids is 1. The molecule has 0 atom stereocenters. The van der Waals surface area contributed by atoms with E-state index < -0.39 is 5.97 Å². The smallest absolute Gasteiger partial charge is 0.338 e. The number of nitrogens with one attached hydrogen (secondary N) is 1. The lowest BCUT2D eigenvalue weighted by atomic mass is 9.86. The molecule has 1 aromatic heterocycles. The largest absolute Gasteiger partial charge is 0.478 e. The first-order chi connectivity index (χ1) is 9.16. The number of rotatable bonds is 5. The van der Waals surface area contributed by atoms with Gasteiger partial charge in [-0.25, -0.2) is 4.79 Å². The minimum absolute atomic E-state index is 0.0736. The van der Waals surface area contributed by atoms with Crippen molar-refractivity contribution >= 4 is 28.2 Å². The molecule has 1 saturated carbocycles. The number of hydrogen-bond donors (Lipinski definition) is 2. The van der Waals surface area contributed by atoms with E-state index in [4.69, 9.17) is 5.11 Å². The first kappa shape index (κ1) is 14.1. The van der Waals surface area contributed by atoms with Crippen molar-refractivity contribution in [2.75, 3.05) is 5.32 Å². The quantitative estimate of drug-likeness (QED) is 0.864. The maximum atomic E-state index is 11.8. The van der Waals surface area contributed by atoms with E-state index in [0.29, 0.717) is 17.3 Å². The SMILES string of the molecule is O=C(CCC1CCCCC1)Nc1sccc1C(=O)O. The molecule has 0 aliphatic heterocycles. The Morgan fingerprint density at radius 2 is 2.05 bits per heavy atom. The van der Waals surface area contributed by atoms with Crippen molar-refractivity contribution in [3.8, 4) is 0 Å². The predicted octanol–water partition coefficient (Wildman–Crippen LogP) is 3.75. The molecule has 0 spiro atoms. The molecule has 1 aliphatic carbocycles. The van der Waals surface area contributed by atoms with Crippen LogP contribution in [0, 0.1) is 5.92 Å². The van der Waals surface area contributed by atoms with E-state index in [1.165, 1.54) is 49.5 Å². The molecular weight excluding hydrogens is 262 g/mol. The highest BCUT2D eigenvalue weighted by molar-refractivity contribution is 7.14. The van der Waals surface area contributed by atoms with Crippen LogP contribution in [-0.2, 0) is 4.79 Å². The Morgan fingerprint density at radius 1 is 1.32 bits per heavy atom. The summed E-state index contributed by atoms with van der Waals surface area (Å²) >= 11 is 1.25. The Morgan fingerprint density at radius 3 is 2.74 bits per heavy atom. The molecule has 0 aromatic carbocycles. The molecule has 1 heterocycles. The molecule has 1 aliphatic rings. The highest BCUT2D eigenvalue weighted by Crippen LogP contribution is 2.28. The van der Waals surface area contributed by atoms with Crippen molar-refractivity contribution in [1.82, 2.24) is 0 Å². The summed E-state index contributed by atoms with van der Waals surface area (Å²) in [4.78, 5) is 22.8. The maximum Gasteiger partial charge on any atom is 0.338 e. The fourth-order valence-electron chi connectivity index (χ4n) is 2.57. The second-order valence-corrected chi connectivity index (χ2v) is 5.98. The minimum Gasteiger partial charge on any atom is -0.478 e. The summed E-state index contributed by atoms with van der Waals surface area (Å²) in [6, 6.07) is 1.52. The zero-order valence-electron chi connectivity index (χ0n) is 10.9. The molecule has 1 aromatic rings. The van der Waals surface area contributed by atoms with Gasteiger partial charge in [-0.1, -0.05) is 32.1 Å². The van der Waals surface area contributed by atoms with Crippen LogP contribution in [0.5, 0.6) is 0 Å². The monoisotopic (exact) mass is 281 g/mol. The normalized spacial score (nSPS) is 16.2. The zero-order chi connectivity index (χ0) is 13.7. The fraction of sp³-hybridized carbons (Fsp3) is 0.571. The molecule has 0 unspecified atom stereocenters. The molecule has 0 radical (unpaired) electrons. The number of amides is 1. The van der Waals surface area contributed by atoms with Crippen molar-refractivity contribution in [2.45, 2.75) is 44.9 Å². The van der Waals surface area contributed by atoms with Crippen molar-refractivity contribution in [1.29, 1.82) is 0 Å². The van der Waals surface area contributed by atoms with Crippen LogP contribution in [0.2, 0.25) is 0 Å². The Bertz CT molecular complexity index is 449. The lowest BCUT2D eigenvalue weighted by Crippen LogP contribution is -2.15. The van der Waals surface area contributed by atoms with Gasteiger partial charge in [0.25, 0.3) is 0 Å². The molecule has 1 amide bonds. The average Bonchev–Trinajstić information content (AvgIpc) is 2.86. The third-order valence-electron chi connectivity index (χ3n) is 3.65. The molecule has 0 bridgehead atoms. The standard InChI is InChI=1S/C14H19NO3S/c16-12(7-6-10-4-2-1-3-5-10)15-13-11(14(17)18)8-9-19-13/h8-10H,1-7H2,(H,15,16)(H,17,18). The second kappa shape index (κ2) is 6.70. The number of anilines is 1. The number of thiophene rings is 1. The van der Waals surface area contributed by atoms with Crippen LogP contribution in [-0.4, -0.2) is 17.0 Å². The number of aromatic carboxylic acids is 1. The molecule has 0 saturated heterocycles. The van der Waals surface area contributed by atoms with Crippen molar-refractivity contribution < 1.29 is 14.7 Å². The summed E-state index contributed by atoms with van der Waals surface area (Å²) in [7, 11) is 0. The molecule has 2 N–H and O–H groups in total. The predicted molar refractivity (Wildman–Crippen MR) is 75.7 cm³/mol.